The van der Waals surface area contributed by atoms with Gasteiger partial charge in [0, 0.05) is 12.0 Å². The van der Waals surface area contributed by atoms with Crippen molar-refractivity contribution in [3.8, 4) is 17.6 Å². The summed E-state index contributed by atoms with van der Waals surface area (Å²) in [4.78, 5) is 11.6. The van der Waals surface area contributed by atoms with Crippen molar-refractivity contribution in [1.29, 1.82) is 5.26 Å². The minimum absolute atomic E-state index is 0.0266. The molecule has 2 rings (SSSR count). The Balaban J connectivity index is 2.13. The molecule has 25 heavy (non-hydrogen) atoms. The lowest BCUT2D eigenvalue weighted by Crippen LogP contribution is -2.02. The van der Waals surface area contributed by atoms with Crippen molar-refractivity contribution in [2.45, 2.75) is 46.1 Å². The lowest BCUT2D eigenvalue weighted by atomic mass is 10.0. The van der Waals surface area contributed by atoms with Crippen LogP contribution in [0.4, 0.5) is 0 Å². The predicted octanol–water partition coefficient (Wildman–Crippen LogP) is 4.58. The largest absolute Gasteiger partial charge is 0.507 e. The number of hydrogen-bond acceptors (Lipinski definition) is 4. The van der Waals surface area contributed by atoms with E-state index in [2.05, 4.69) is 6.07 Å². The van der Waals surface area contributed by atoms with Gasteiger partial charge in [0.2, 0.25) is 0 Å². The van der Waals surface area contributed by atoms with Crippen molar-refractivity contribution in [2.24, 2.45) is 0 Å². The van der Waals surface area contributed by atoms with E-state index in [1.807, 2.05) is 31.2 Å². The highest BCUT2D eigenvalue weighted by Gasteiger charge is 2.15. The predicted molar refractivity (Wildman–Crippen MR) is 96.8 cm³/mol. The maximum Gasteiger partial charge on any atom is 0.163 e. The van der Waals surface area contributed by atoms with Gasteiger partial charge in [-0.1, -0.05) is 37.6 Å². The van der Waals surface area contributed by atoms with Crippen molar-refractivity contribution in [1.82, 2.24) is 0 Å². The van der Waals surface area contributed by atoms with Crippen LogP contribution < -0.4 is 4.74 Å². The molecule has 0 fully saturated rings. The number of hydrogen-bond donors (Lipinski definition) is 1. The van der Waals surface area contributed by atoms with Crippen LogP contribution in [0.5, 0.6) is 11.5 Å². The molecular formula is C21H23NO3. The second-order valence-corrected chi connectivity index (χ2v) is 6.01. The average Bonchev–Trinajstić information content (AvgIpc) is 2.61. The number of aryl methyl sites for hydroxylation is 1. The van der Waals surface area contributed by atoms with Gasteiger partial charge in [-0.2, -0.15) is 5.26 Å². The number of nitriles is 1. The SMILES string of the molecule is CCCc1c(OCc2ccc(CCC#N)cc2)ccc(C(C)=O)c1O. The van der Waals surface area contributed by atoms with Gasteiger partial charge in [-0.3, -0.25) is 4.79 Å². The van der Waals surface area contributed by atoms with E-state index >= 15 is 0 Å². The molecule has 1 N–H and O–H groups in total. The van der Waals surface area contributed by atoms with Crippen molar-refractivity contribution in [3.05, 3.63) is 58.7 Å². The molecule has 0 bridgehead atoms. The van der Waals surface area contributed by atoms with Crippen LogP contribution in [0.3, 0.4) is 0 Å². The number of ether oxygens (including phenoxy) is 1. The zero-order chi connectivity index (χ0) is 18.2. The fourth-order valence-corrected chi connectivity index (χ4v) is 2.69. The molecule has 0 saturated heterocycles. The number of carbonyl (C=O) groups excluding carboxylic acids is 1. The third kappa shape index (κ3) is 4.84. The van der Waals surface area contributed by atoms with E-state index < -0.39 is 0 Å². The number of ketones is 1. The third-order valence-electron chi connectivity index (χ3n) is 4.06. The summed E-state index contributed by atoms with van der Waals surface area (Å²) < 4.78 is 5.89. The highest BCUT2D eigenvalue weighted by atomic mass is 16.5. The van der Waals surface area contributed by atoms with E-state index in [-0.39, 0.29) is 11.5 Å². The topological polar surface area (TPSA) is 70.3 Å². The molecule has 4 heteroatoms. The van der Waals surface area contributed by atoms with Crippen molar-refractivity contribution < 1.29 is 14.6 Å². The van der Waals surface area contributed by atoms with E-state index in [1.54, 1.807) is 12.1 Å². The van der Waals surface area contributed by atoms with Crippen LogP contribution in [0.25, 0.3) is 0 Å². The second kappa shape index (κ2) is 8.89. The number of Topliss-reactive ketones (excluding diaryl/α,β-unsaturated/α-hetero) is 1. The molecule has 130 valence electrons. The van der Waals surface area contributed by atoms with E-state index in [4.69, 9.17) is 10.00 Å². The highest BCUT2D eigenvalue weighted by Crippen LogP contribution is 2.33. The minimum Gasteiger partial charge on any atom is -0.507 e. The standard InChI is InChI=1S/C21H23NO3/c1-3-5-19-20(12-11-18(15(2)23)21(19)24)25-14-17-9-7-16(8-10-17)6-4-13-22/h7-12,24H,3-6,14H2,1-2H3. The Labute approximate surface area is 148 Å². The van der Waals surface area contributed by atoms with Gasteiger partial charge in [-0.15, -0.1) is 0 Å². The first kappa shape index (κ1) is 18.5. The van der Waals surface area contributed by atoms with Crippen LogP contribution in [-0.4, -0.2) is 10.9 Å². The molecule has 4 nitrogen and oxygen atoms in total. The lowest BCUT2D eigenvalue weighted by molar-refractivity contribution is 0.101. The van der Waals surface area contributed by atoms with Crippen LogP contribution in [0.2, 0.25) is 0 Å². The molecule has 0 atom stereocenters. The summed E-state index contributed by atoms with van der Waals surface area (Å²) in [6.45, 7) is 3.84. The number of aromatic hydroxyl groups is 1. The van der Waals surface area contributed by atoms with E-state index in [9.17, 15) is 9.90 Å². The molecule has 0 aromatic heterocycles. The number of nitrogens with zero attached hydrogens (tertiary/aromatic N) is 1. The Morgan fingerprint density at radius 3 is 2.40 bits per heavy atom. The molecule has 0 saturated carbocycles. The summed E-state index contributed by atoms with van der Waals surface area (Å²) in [5.74, 6) is 0.478. The minimum atomic E-state index is -0.158. The first-order valence-corrected chi connectivity index (χ1v) is 8.50. The summed E-state index contributed by atoms with van der Waals surface area (Å²) in [6, 6.07) is 13.5. The average molecular weight is 337 g/mol. The molecule has 0 unspecified atom stereocenters. The Bertz CT molecular complexity index is 773. The second-order valence-electron chi connectivity index (χ2n) is 6.01. The van der Waals surface area contributed by atoms with Crippen molar-refractivity contribution in [3.63, 3.8) is 0 Å². The lowest BCUT2D eigenvalue weighted by Gasteiger charge is -2.15. The maximum atomic E-state index is 11.6. The molecule has 0 aliphatic rings. The normalized spacial score (nSPS) is 10.3. The van der Waals surface area contributed by atoms with E-state index in [0.717, 1.165) is 24.0 Å². The zero-order valence-corrected chi connectivity index (χ0v) is 14.7. The van der Waals surface area contributed by atoms with Gasteiger partial charge in [0.15, 0.2) is 5.78 Å². The van der Waals surface area contributed by atoms with Crippen LogP contribution in [0.1, 0.15) is 53.7 Å². The summed E-state index contributed by atoms with van der Waals surface area (Å²) in [5, 5.41) is 19.0. The summed E-state index contributed by atoms with van der Waals surface area (Å²) in [5.41, 5.74) is 3.15. The van der Waals surface area contributed by atoms with Gasteiger partial charge in [-0.05, 0) is 43.0 Å². The maximum absolute atomic E-state index is 11.6. The molecule has 0 aliphatic carbocycles. The van der Waals surface area contributed by atoms with Gasteiger partial charge in [0.05, 0.1) is 11.6 Å². The summed E-state index contributed by atoms with van der Waals surface area (Å²) >= 11 is 0. The first-order valence-electron chi connectivity index (χ1n) is 8.50. The summed E-state index contributed by atoms with van der Waals surface area (Å²) in [6.07, 6.45) is 2.75. The fraction of sp³-hybridized carbons (Fsp3) is 0.333. The monoisotopic (exact) mass is 337 g/mol. The van der Waals surface area contributed by atoms with E-state index in [1.165, 1.54) is 6.92 Å². The smallest absolute Gasteiger partial charge is 0.163 e. The van der Waals surface area contributed by atoms with Crippen molar-refractivity contribution >= 4 is 5.78 Å². The van der Waals surface area contributed by atoms with Gasteiger partial charge in [0.25, 0.3) is 0 Å². The van der Waals surface area contributed by atoms with Crippen molar-refractivity contribution in [2.75, 3.05) is 0 Å². The summed E-state index contributed by atoms with van der Waals surface area (Å²) in [7, 11) is 0. The fourth-order valence-electron chi connectivity index (χ4n) is 2.69. The van der Waals surface area contributed by atoms with Gasteiger partial charge < -0.3 is 9.84 Å². The molecular weight excluding hydrogens is 314 g/mol. The Morgan fingerprint density at radius 1 is 1.12 bits per heavy atom. The van der Waals surface area contributed by atoms with Crippen LogP contribution >= 0.6 is 0 Å². The van der Waals surface area contributed by atoms with E-state index in [0.29, 0.717) is 36.3 Å². The van der Waals surface area contributed by atoms with Gasteiger partial charge in [-0.25, -0.2) is 0 Å². The number of benzene rings is 2. The van der Waals surface area contributed by atoms with Crippen LogP contribution in [0, 0.1) is 11.3 Å². The molecule has 0 heterocycles. The Kier molecular flexibility index (Phi) is 6.59. The first-order chi connectivity index (χ1) is 12.1. The molecule has 2 aromatic rings. The molecule has 0 spiro atoms. The number of rotatable bonds is 8. The Hall–Kier alpha value is -2.80. The van der Waals surface area contributed by atoms with Crippen LogP contribution in [-0.2, 0) is 19.4 Å². The molecule has 2 aromatic carbocycles. The number of phenolic OH excluding ortho intramolecular Hbond substituents is 1. The molecule has 0 radical (unpaired) electrons. The van der Waals surface area contributed by atoms with Gasteiger partial charge in [0.1, 0.15) is 18.1 Å². The molecule has 0 aliphatic heterocycles. The number of carbonyl (C=O) groups is 1. The Morgan fingerprint density at radius 2 is 1.80 bits per heavy atom. The zero-order valence-electron chi connectivity index (χ0n) is 14.7. The van der Waals surface area contributed by atoms with Crippen LogP contribution in [0.15, 0.2) is 36.4 Å². The molecule has 0 amide bonds. The number of phenols is 1. The third-order valence-corrected chi connectivity index (χ3v) is 4.06. The quantitative estimate of drug-likeness (QED) is 0.716. The highest BCUT2D eigenvalue weighted by molar-refractivity contribution is 5.97. The van der Waals surface area contributed by atoms with Gasteiger partial charge >= 0.3 is 0 Å².